The molecule has 0 unspecified atom stereocenters. The third kappa shape index (κ3) is 3.59. The molecule has 2 aromatic rings. The van der Waals surface area contributed by atoms with E-state index in [2.05, 4.69) is 22.3 Å². The predicted octanol–water partition coefficient (Wildman–Crippen LogP) is 4.03. The third-order valence-corrected chi connectivity index (χ3v) is 5.48. The Balaban J connectivity index is 1.46. The molecule has 0 aromatic heterocycles. The maximum atomic E-state index is 13.3. The van der Waals surface area contributed by atoms with E-state index >= 15 is 0 Å². The van der Waals surface area contributed by atoms with E-state index in [1.165, 1.54) is 42.5 Å². The van der Waals surface area contributed by atoms with Crippen LogP contribution in [-0.4, -0.2) is 29.9 Å². The highest BCUT2D eigenvalue weighted by molar-refractivity contribution is 6.04. The molecule has 1 aliphatic carbocycles. The summed E-state index contributed by atoms with van der Waals surface area (Å²) in [5, 5.41) is 2.89. The van der Waals surface area contributed by atoms with Gasteiger partial charge in [0.25, 0.3) is 5.91 Å². The van der Waals surface area contributed by atoms with Crippen LogP contribution in [0, 0.1) is 5.82 Å². The Labute approximate surface area is 147 Å². The number of benzene rings is 2. The summed E-state index contributed by atoms with van der Waals surface area (Å²) in [5.74, 6) is -0.671. The maximum Gasteiger partial charge on any atom is 0.255 e. The Kier molecular flexibility index (Phi) is 4.53. The zero-order valence-electron chi connectivity index (χ0n) is 14.3. The van der Waals surface area contributed by atoms with Crippen LogP contribution in [0.15, 0.2) is 42.5 Å². The van der Waals surface area contributed by atoms with Gasteiger partial charge in [-0.1, -0.05) is 18.6 Å². The van der Waals surface area contributed by atoms with Crippen LogP contribution >= 0.6 is 0 Å². The van der Waals surface area contributed by atoms with Crippen LogP contribution in [0.4, 0.5) is 10.1 Å². The summed E-state index contributed by atoms with van der Waals surface area (Å²) in [6.07, 6.45) is 6.14. The summed E-state index contributed by atoms with van der Waals surface area (Å²) in [7, 11) is 0. The zero-order chi connectivity index (χ0) is 17.2. The standard InChI is InChI=1S/C21H23FN2O/c22-18-4-1-3-17(13-18)21(25)23-19-8-7-15-9-11-24(20-5-2-6-20)12-10-16(15)14-19/h1,3-4,7-8,13-14,20H,2,5-6,9-12H2,(H,23,25). The highest BCUT2D eigenvalue weighted by atomic mass is 19.1. The largest absolute Gasteiger partial charge is 0.322 e. The third-order valence-electron chi connectivity index (χ3n) is 5.48. The van der Waals surface area contributed by atoms with Gasteiger partial charge in [-0.05, 0) is 67.1 Å². The molecule has 0 atom stereocenters. The summed E-state index contributed by atoms with van der Waals surface area (Å²) in [5.41, 5.74) is 3.82. The Morgan fingerprint density at radius 2 is 1.84 bits per heavy atom. The quantitative estimate of drug-likeness (QED) is 0.916. The second-order valence-corrected chi connectivity index (χ2v) is 7.07. The van der Waals surface area contributed by atoms with Crippen molar-refractivity contribution in [2.45, 2.75) is 38.1 Å². The van der Waals surface area contributed by atoms with Gasteiger partial charge in [0.15, 0.2) is 0 Å². The highest BCUT2D eigenvalue weighted by Gasteiger charge is 2.26. The van der Waals surface area contributed by atoms with Crippen LogP contribution in [0.2, 0.25) is 0 Å². The topological polar surface area (TPSA) is 32.3 Å². The van der Waals surface area contributed by atoms with Crippen LogP contribution in [0.1, 0.15) is 40.7 Å². The van der Waals surface area contributed by atoms with Crippen molar-refractivity contribution in [2.75, 3.05) is 18.4 Å². The van der Waals surface area contributed by atoms with Gasteiger partial charge in [-0.3, -0.25) is 9.69 Å². The molecule has 4 rings (SSSR count). The smallest absolute Gasteiger partial charge is 0.255 e. The lowest BCUT2D eigenvalue weighted by molar-refractivity contribution is 0.102. The second kappa shape index (κ2) is 6.96. The van der Waals surface area contributed by atoms with Crippen molar-refractivity contribution in [2.24, 2.45) is 0 Å². The SMILES string of the molecule is O=C(Nc1ccc2c(c1)CCN(C1CCC1)CC2)c1cccc(F)c1. The van der Waals surface area contributed by atoms with Gasteiger partial charge in [0, 0.05) is 30.4 Å². The van der Waals surface area contributed by atoms with Gasteiger partial charge < -0.3 is 5.32 Å². The molecule has 0 radical (unpaired) electrons. The van der Waals surface area contributed by atoms with E-state index in [1.54, 1.807) is 12.1 Å². The normalized spacial score (nSPS) is 18.1. The number of nitrogens with zero attached hydrogens (tertiary/aromatic N) is 1. The van der Waals surface area contributed by atoms with E-state index in [0.717, 1.165) is 37.7 Å². The van der Waals surface area contributed by atoms with E-state index in [9.17, 15) is 9.18 Å². The fourth-order valence-electron chi connectivity index (χ4n) is 3.77. The van der Waals surface area contributed by atoms with E-state index in [1.807, 2.05) is 6.07 Å². The summed E-state index contributed by atoms with van der Waals surface area (Å²) in [4.78, 5) is 14.9. The van der Waals surface area contributed by atoms with Crippen molar-refractivity contribution in [3.05, 3.63) is 65.0 Å². The summed E-state index contributed by atoms with van der Waals surface area (Å²) >= 11 is 0. The van der Waals surface area contributed by atoms with Gasteiger partial charge in [-0.2, -0.15) is 0 Å². The number of anilines is 1. The highest BCUT2D eigenvalue weighted by Crippen LogP contribution is 2.28. The van der Waals surface area contributed by atoms with Crippen LogP contribution < -0.4 is 5.32 Å². The Morgan fingerprint density at radius 3 is 2.56 bits per heavy atom. The number of hydrogen-bond acceptors (Lipinski definition) is 2. The van der Waals surface area contributed by atoms with E-state index in [0.29, 0.717) is 5.56 Å². The van der Waals surface area contributed by atoms with Crippen molar-refractivity contribution in [1.29, 1.82) is 0 Å². The summed E-state index contributed by atoms with van der Waals surface area (Å²) in [6.45, 7) is 2.23. The number of carbonyl (C=O) groups excluding carboxylic acids is 1. The minimum atomic E-state index is -0.398. The monoisotopic (exact) mass is 338 g/mol. The first kappa shape index (κ1) is 16.3. The molecule has 1 aliphatic heterocycles. The molecule has 3 nitrogen and oxygen atoms in total. The first-order chi connectivity index (χ1) is 12.2. The molecule has 4 heteroatoms. The van der Waals surface area contributed by atoms with Gasteiger partial charge in [0.1, 0.15) is 5.82 Å². The molecule has 1 heterocycles. The maximum absolute atomic E-state index is 13.3. The molecule has 0 saturated heterocycles. The molecule has 1 saturated carbocycles. The number of carbonyl (C=O) groups is 1. The molecule has 1 fully saturated rings. The lowest BCUT2D eigenvalue weighted by atomic mass is 9.91. The predicted molar refractivity (Wildman–Crippen MR) is 97.4 cm³/mol. The number of fused-ring (bicyclic) bond motifs is 1. The number of hydrogen-bond donors (Lipinski definition) is 1. The Bertz CT molecular complexity index is 785. The Morgan fingerprint density at radius 1 is 1.04 bits per heavy atom. The molecular formula is C21H23FN2O. The van der Waals surface area contributed by atoms with Crippen LogP contribution in [0.5, 0.6) is 0 Å². The average molecular weight is 338 g/mol. The summed E-state index contributed by atoms with van der Waals surface area (Å²) in [6, 6.07) is 12.7. The molecule has 25 heavy (non-hydrogen) atoms. The second-order valence-electron chi connectivity index (χ2n) is 7.07. The van der Waals surface area contributed by atoms with Gasteiger partial charge in [-0.15, -0.1) is 0 Å². The van der Waals surface area contributed by atoms with Crippen LogP contribution in [0.3, 0.4) is 0 Å². The fraction of sp³-hybridized carbons (Fsp3) is 0.381. The molecule has 1 N–H and O–H groups in total. The number of nitrogens with one attached hydrogen (secondary N) is 1. The molecular weight excluding hydrogens is 315 g/mol. The van der Waals surface area contributed by atoms with Crippen molar-refractivity contribution >= 4 is 11.6 Å². The minimum absolute atomic E-state index is 0.274. The lowest BCUT2D eigenvalue weighted by Crippen LogP contribution is -2.41. The fourth-order valence-corrected chi connectivity index (χ4v) is 3.77. The molecule has 2 aliphatic rings. The van der Waals surface area contributed by atoms with Gasteiger partial charge in [0.2, 0.25) is 0 Å². The molecule has 1 amide bonds. The van der Waals surface area contributed by atoms with E-state index in [-0.39, 0.29) is 5.91 Å². The first-order valence-corrected chi connectivity index (χ1v) is 9.12. The van der Waals surface area contributed by atoms with Gasteiger partial charge >= 0.3 is 0 Å². The first-order valence-electron chi connectivity index (χ1n) is 9.12. The van der Waals surface area contributed by atoms with Gasteiger partial charge in [-0.25, -0.2) is 4.39 Å². The van der Waals surface area contributed by atoms with E-state index < -0.39 is 5.82 Å². The molecule has 130 valence electrons. The zero-order valence-corrected chi connectivity index (χ0v) is 14.3. The van der Waals surface area contributed by atoms with Crippen LogP contribution in [-0.2, 0) is 12.8 Å². The minimum Gasteiger partial charge on any atom is -0.322 e. The number of halogens is 1. The van der Waals surface area contributed by atoms with Crippen molar-refractivity contribution in [3.63, 3.8) is 0 Å². The van der Waals surface area contributed by atoms with Crippen LogP contribution in [0.25, 0.3) is 0 Å². The van der Waals surface area contributed by atoms with Crippen molar-refractivity contribution in [1.82, 2.24) is 4.90 Å². The lowest BCUT2D eigenvalue weighted by Gasteiger charge is -2.36. The molecule has 2 aromatic carbocycles. The van der Waals surface area contributed by atoms with Crippen molar-refractivity contribution < 1.29 is 9.18 Å². The van der Waals surface area contributed by atoms with E-state index in [4.69, 9.17) is 0 Å². The average Bonchev–Trinajstić information content (AvgIpc) is 2.76. The number of rotatable bonds is 3. The molecule has 0 spiro atoms. The van der Waals surface area contributed by atoms with Crippen molar-refractivity contribution in [3.8, 4) is 0 Å². The number of amides is 1. The summed E-state index contributed by atoms with van der Waals surface area (Å²) < 4.78 is 13.3. The van der Waals surface area contributed by atoms with Gasteiger partial charge in [0.05, 0.1) is 0 Å². The Hall–Kier alpha value is -2.20. The molecule has 0 bridgehead atoms.